The Labute approximate surface area is 127 Å². The molecule has 1 fully saturated rings. The zero-order valence-electron chi connectivity index (χ0n) is 13.3. The number of hydrogen-bond donors (Lipinski definition) is 1. The lowest BCUT2D eigenvalue weighted by molar-refractivity contribution is 0.196. The van der Waals surface area contributed by atoms with Crippen molar-refractivity contribution in [3.05, 3.63) is 28.8 Å². The summed E-state index contributed by atoms with van der Waals surface area (Å²) in [7, 11) is -3.47. The SMILES string of the molecule is Cc1cc(C)c(S(=O)(=O)N2CCC(C)(C)CC2)cc1CO. The number of aliphatic hydroxyl groups is 1. The molecule has 21 heavy (non-hydrogen) atoms. The molecule has 118 valence electrons. The molecule has 1 aromatic carbocycles. The lowest BCUT2D eigenvalue weighted by Gasteiger charge is -2.36. The minimum atomic E-state index is -3.47. The van der Waals surface area contributed by atoms with Gasteiger partial charge in [-0.25, -0.2) is 8.42 Å². The third kappa shape index (κ3) is 3.30. The molecule has 1 aliphatic rings. The van der Waals surface area contributed by atoms with Crippen molar-refractivity contribution in [2.75, 3.05) is 13.1 Å². The molecule has 2 rings (SSSR count). The summed E-state index contributed by atoms with van der Waals surface area (Å²) < 4.78 is 27.3. The highest BCUT2D eigenvalue weighted by molar-refractivity contribution is 7.89. The molecule has 1 aromatic rings. The van der Waals surface area contributed by atoms with Crippen molar-refractivity contribution < 1.29 is 13.5 Å². The number of aliphatic hydroxyl groups excluding tert-OH is 1. The van der Waals surface area contributed by atoms with E-state index in [0.29, 0.717) is 23.5 Å². The predicted octanol–water partition coefficient (Wildman–Crippen LogP) is 2.61. The number of nitrogens with zero attached hydrogens (tertiary/aromatic N) is 1. The molecule has 1 aliphatic heterocycles. The molecule has 4 nitrogen and oxygen atoms in total. The normalized spacial score (nSPS) is 19.7. The van der Waals surface area contributed by atoms with Gasteiger partial charge in [-0.2, -0.15) is 4.31 Å². The van der Waals surface area contributed by atoms with Gasteiger partial charge in [0.05, 0.1) is 11.5 Å². The van der Waals surface area contributed by atoms with Gasteiger partial charge in [0.2, 0.25) is 10.0 Å². The Balaban J connectivity index is 2.36. The zero-order valence-corrected chi connectivity index (χ0v) is 14.1. The van der Waals surface area contributed by atoms with Crippen molar-refractivity contribution in [1.29, 1.82) is 0 Å². The molecule has 1 heterocycles. The Morgan fingerprint density at radius 1 is 1.14 bits per heavy atom. The average Bonchev–Trinajstić information content (AvgIpc) is 2.38. The summed E-state index contributed by atoms with van der Waals surface area (Å²) in [6.07, 6.45) is 1.76. The topological polar surface area (TPSA) is 57.6 Å². The number of hydrogen-bond acceptors (Lipinski definition) is 3. The Hall–Kier alpha value is -0.910. The van der Waals surface area contributed by atoms with Crippen LogP contribution in [0.15, 0.2) is 17.0 Å². The number of aryl methyl sites for hydroxylation is 2. The van der Waals surface area contributed by atoms with Gasteiger partial charge in [-0.1, -0.05) is 19.9 Å². The fourth-order valence-electron chi connectivity index (χ4n) is 2.79. The Bertz CT molecular complexity index is 625. The highest BCUT2D eigenvalue weighted by Gasteiger charge is 2.33. The first-order chi connectivity index (χ1) is 9.67. The van der Waals surface area contributed by atoms with Gasteiger partial charge in [0.1, 0.15) is 0 Å². The van der Waals surface area contributed by atoms with Crippen LogP contribution in [-0.2, 0) is 16.6 Å². The second kappa shape index (κ2) is 5.71. The Morgan fingerprint density at radius 2 is 1.71 bits per heavy atom. The van der Waals surface area contributed by atoms with E-state index >= 15 is 0 Å². The number of rotatable bonds is 3. The summed E-state index contributed by atoms with van der Waals surface area (Å²) in [5, 5.41) is 9.37. The predicted molar refractivity (Wildman–Crippen MR) is 83.6 cm³/mol. The standard InChI is InChI=1S/C16H25NO3S/c1-12-9-13(2)15(10-14(12)11-18)21(19,20)17-7-5-16(3,4)6-8-17/h9-10,18H,5-8,11H2,1-4H3. The second-order valence-electron chi connectivity index (χ2n) is 6.77. The molecule has 1 N–H and O–H groups in total. The first-order valence-electron chi connectivity index (χ1n) is 7.38. The Morgan fingerprint density at radius 3 is 2.24 bits per heavy atom. The van der Waals surface area contributed by atoms with E-state index in [2.05, 4.69) is 13.8 Å². The first-order valence-corrected chi connectivity index (χ1v) is 8.82. The highest BCUT2D eigenvalue weighted by atomic mass is 32.2. The van der Waals surface area contributed by atoms with Gasteiger partial charge < -0.3 is 5.11 Å². The van der Waals surface area contributed by atoms with E-state index in [0.717, 1.165) is 24.0 Å². The van der Waals surface area contributed by atoms with Gasteiger partial charge in [-0.3, -0.25) is 0 Å². The van der Waals surface area contributed by atoms with Gasteiger partial charge >= 0.3 is 0 Å². The van der Waals surface area contributed by atoms with E-state index < -0.39 is 10.0 Å². The third-order valence-corrected chi connectivity index (χ3v) is 6.54. The Kier molecular flexibility index (Phi) is 4.47. The summed E-state index contributed by atoms with van der Waals surface area (Å²) in [4.78, 5) is 0.330. The molecule has 1 saturated heterocycles. The zero-order chi connectivity index (χ0) is 15.8. The maximum atomic E-state index is 12.8. The molecule has 0 aromatic heterocycles. The van der Waals surface area contributed by atoms with Gasteiger partial charge in [0, 0.05) is 13.1 Å². The molecule has 0 unspecified atom stereocenters. The van der Waals surface area contributed by atoms with Crippen LogP contribution in [0.1, 0.15) is 43.4 Å². The van der Waals surface area contributed by atoms with Crippen LogP contribution in [0.5, 0.6) is 0 Å². The molecule has 0 radical (unpaired) electrons. The molecule has 0 atom stereocenters. The summed E-state index contributed by atoms with van der Waals surface area (Å²) >= 11 is 0. The van der Waals surface area contributed by atoms with Gasteiger partial charge in [0.25, 0.3) is 0 Å². The van der Waals surface area contributed by atoms with E-state index in [-0.39, 0.29) is 12.0 Å². The van der Waals surface area contributed by atoms with E-state index in [1.165, 1.54) is 0 Å². The molecular weight excluding hydrogens is 286 g/mol. The molecular formula is C16H25NO3S. The average molecular weight is 311 g/mol. The first kappa shape index (κ1) is 16.5. The fourth-order valence-corrected chi connectivity index (χ4v) is 4.49. The van der Waals surface area contributed by atoms with E-state index in [1.807, 2.05) is 19.9 Å². The lowest BCUT2D eigenvalue weighted by atomic mass is 9.83. The molecule has 0 bridgehead atoms. The fraction of sp³-hybridized carbons (Fsp3) is 0.625. The van der Waals surface area contributed by atoms with Gasteiger partial charge in [-0.15, -0.1) is 0 Å². The van der Waals surface area contributed by atoms with Crippen molar-refractivity contribution in [2.45, 2.75) is 52.0 Å². The van der Waals surface area contributed by atoms with Crippen LogP contribution >= 0.6 is 0 Å². The monoisotopic (exact) mass is 311 g/mol. The number of sulfonamides is 1. The van der Waals surface area contributed by atoms with Gasteiger partial charge in [-0.05, 0) is 54.9 Å². The smallest absolute Gasteiger partial charge is 0.243 e. The van der Waals surface area contributed by atoms with Crippen LogP contribution in [0, 0.1) is 19.3 Å². The highest BCUT2D eigenvalue weighted by Crippen LogP contribution is 2.33. The minimum absolute atomic E-state index is 0.137. The maximum Gasteiger partial charge on any atom is 0.243 e. The number of piperidine rings is 1. The molecule has 5 heteroatoms. The molecule has 0 saturated carbocycles. The minimum Gasteiger partial charge on any atom is -0.392 e. The maximum absolute atomic E-state index is 12.8. The summed E-state index contributed by atoms with van der Waals surface area (Å²) in [5.41, 5.74) is 2.56. The van der Waals surface area contributed by atoms with Crippen LogP contribution in [0.4, 0.5) is 0 Å². The summed E-state index contributed by atoms with van der Waals surface area (Å²) in [6.45, 7) is 9.05. The van der Waals surface area contributed by atoms with Crippen molar-refractivity contribution in [3.63, 3.8) is 0 Å². The quantitative estimate of drug-likeness (QED) is 0.933. The summed E-state index contributed by atoms with van der Waals surface area (Å²) in [6, 6.07) is 3.46. The second-order valence-corrected chi connectivity index (χ2v) is 8.68. The molecule has 0 spiro atoms. The lowest BCUT2D eigenvalue weighted by Crippen LogP contribution is -2.41. The van der Waals surface area contributed by atoms with Crippen molar-refractivity contribution in [2.24, 2.45) is 5.41 Å². The van der Waals surface area contributed by atoms with Gasteiger partial charge in [0.15, 0.2) is 0 Å². The molecule has 0 amide bonds. The van der Waals surface area contributed by atoms with E-state index in [1.54, 1.807) is 10.4 Å². The van der Waals surface area contributed by atoms with E-state index in [9.17, 15) is 13.5 Å². The summed E-state index contributed by atoms with van der Waals surface area (Å²) in [5.74, 6) is 0. The van der Waals surface area contributed by atoms with Crippen molar-refractivity contribution >= 4 is 10.0 Å². The van der Waals surface area contributed by atoms with Crippen LogP contribution in [0.2, 0.25) is 0 Å². The van der Waals surface area contributed by atoms with Crippen LogP contribution in [0.25, 0.3) is 0 Å². The van der Waals surface area contributed by atoms with Crippen LogP contribution in [-0.4, -0.2) is 30.9 Å². The van der Waals surface area contributed by atoms with Crippen LogP contribution < -0.4 is 0 Å². The van der Waals surface area contributed by atoms with Crippen molar-refractivity contribution in [3.8, 4) is 0 Å². The van der Waals surface area contributed by atoms with Crippen LogP contribution in [0.3, 0.4) is 0 Å². The van der Waals surface area contributed by atoms with E-state index in [4.69, 9.17) is 0 Å². The van der Waals surface area contributed by atoms with Crippen molar-refractivity contribution in [1.82, 2.24) is 4.31 Å². The largest absolute Gasteiger partial charge is 0.392 e. The number of benzene rings is 1. The third-order valence-electron chi connectivity index (χ3n) is 4.50. The molecule has 0 aliphatic carbocycles.